The summed E-state index contributed by atoms with van der Waals surface area (Å²) >= 11 is 1.09. The summed E-state index contributed by atoms with van der Waals surface area (Å²) in [5.74, 6) is 0.458. The van der Waals surface area contributed by atoms with E-state index in [-0.39, 0.29) is 5.91 Å². The van der Waals surface area contributed by atoms with E-state index in [1.54, 1.807) is 31.4 Å². The van der Waals surface area contributed by atoms with Crippen LogP contribution in [-0.4, -0.2) is 24.6 Å². The molecule has 0 spiro atoms. The van der Waals surface area contributed by atoms with Crippen molar-refractivity contribution < 1.29 is 14.3 Å². The zero-order valence-electron chi connectivity index (χ0n) is 8.54. The second-order valence-electron chi connectivity index (χ2n) is 3.14. The minimum absolute atomic E-state index is 0.259. The van der Waals surface area contributed by atoms with Crippen LogP contribution in [0.4, 0.5) is 5.69 Å². The zero-order valence-corrected chi connectivity index (χ0v) is 9.36. The van der Waals surface area contributed by atoms with Crippen molar-refractivity contribution in [3.05, 3.63) is 24.3 Å². The van der Waals surface area contributed by atoms with Crippen LogP contribution in [0.15, 0.2) is 24.3 Å². The van der Waals surface area contributed by atoms with E-state index in [9.17, 15) is 9.59 Å². The van der Waals surface area contributed by atoms with Crippen LogP contribution in [0.3, 0.4) is 0 Å². The van der Waals surface area contributed by atoms with Crippen molar-refractivity contribution in [3.63, 3.8) is 0 Å². The van der Waals surface area contributed by atoms with Gasteiger partial charge in [0.25, 0.3) is 5.91 Å². The summed E-state index contributed by atoms with van der Waals surface area (Å²) in [6.45, 7) is 0. The van der Waals surface area contributed by atoms with Crippen LogP contribution in [0.5, 0.6) is 5.75 Å². The predicted molar refractivity (Wildman–Crippen MR) is 61.1 cm³/mol. The van der Waals surface area contributed by atoms with Crippen LogP contribution in [0.2, 0.25) is 0 Å². The van der Waals surface area contributed by atoms with Crippen molar-refractivity contribution in [1.29, 1.82) is 0 Å². The smallest absolute Gasteiger partial charge is 0.263 e. The lowest BCUT2D eigenvalue weighted by atomic mass is 10.3. The van der Waals surface area contributed by atoms with E-state index in [4.69, 9.17) is 4.74 Å². The van der Waals surface area contributed by atoms with Gasteiger partial charge in [0.1, 0.15) is 12.0 Å². The molecule has 1 unspecified atom stereocenters. The number of nitrogens with one attached hydrogen (secondary N) is 1. The van der Waals surface area contributed by atoms with E-state index in [0.29, 0.717) is 12.0 Å². The first kappa shape index (κ1) is 11.0. The van der Waals surface area contributed by atoms with E-state index in [1.165, 1.54) is 5.01 Å². The summed E-state index contributed by atoms with van der Waals surface area (Å²) in [5, 5.41) is 0.686. The molecule has 0 bridgehead atoms. The van der Waals surface area contributed by atoms with Crippen molar-refractivity contribution in [1.82, 2.24) is 4.83 Å². The van der Waals surface area contributed by atoms with Gasteiger partial charge in [-0.25, -0.2) is 5.01 Å². The molecular formula is C10H10N2O3S. The number of nitrogens with zero attached hydrogens (tertiary/aromatic N) is 1. The third-order valence-electron chi connectivity index (χ3n) is 2.19. The maximum atomic E-state index is 11.7. The topological polar surface area (TPSA) is 58.6 Å². The monoisotopic (exact) mass is 238 g/mol. The molecule has 1 atom stereocenters. The van der Waals surface area contributed by atoms with Gasteiger partial charge < -0.3 is 9.53 Å². The Bertz CT molecular complexity index is 407. The summed E-state index contributed by atoms with van der Waals surface area (Å²) in [6.07, 6.45) is 0.628. The lowest BCUT2D eigenvalue weighted by Crippen LogP contribution is -2.34. The number of ether oxygens (including phenoxy) is 1. The molecule has 1 aromatic rings. The predicted octanol–water partition coefficient (Wildman–Crippen LogP) is 0.762. The molecule has 0 radical (unpaired) electrons. The Hall–Kier alpha value is -1.53. The fraction of sp³-hybridized carbons (Fsp3) is 0.200. The molecule has 0 saturated carbocycles. The first-order valence-corrected chi connectivity index (χ1v) is 5.49. The van der Waals surface area contributed by atoms with E-state index in [2.05, 4.69) is 4.83 Å². The lowest BCUT2D eigenvalue weighted by Gasteiger charge is -2.14. The van der Waals surface area contributed by atoms with Crippen LogP contribution in [0.25, 0.3) is 0 Å². The molecule has 1 fully saturated rings. The van der Waals surface area contributed by atoms with Crippen molar-refractivity contribution in [3.8, 4) is 5.75 Å². The number of hydrogen-bond acceptors (Lipinski definition) is 5. The number of benzene rings is 1. The number of rotatable bonds is 3. The van der Waals surface area contributed by atoms with Gasteiger partial charge in [-0.3, -0.25) is 4.79 Å². The Morgan fingerprint density at radius 1 is 1.44 bits per heavy atom. The minimum Gasteiger partial charge on any atom is -0.497 e. The average Bonchev–Trinajstić information content (AvgIpc) is 2.70. The third kappa shape index (κ3) is 1.89. The highest BCUT2D eigenvalue weighted by molar-refractivity contribution is 8.00. The Morgan fingerprint density at radius 2 is 2.12 bits per heavy atom. The maximum Gasteiger partial charge on any atom is 0.263 e. The van der Waals surface area contributed by atoms with Crippen LogP contribution < -0.4 is 14.6 Å². The van der Waals surface area contributed by atoms with Crippen molar-refractivity contribution in [2.24, 2.45) is 0 Å². The highest BCUT2D eigenvalue weighted by Gasteiger charge is 2.33. The van der Waals surface area contributed by atoms with Crippen molar-refractivity contribution in [2.75, 3.05) is 12.1 Å². The molecule has 2 rings (SSSR count). The Kier molecular flexibility index (Phi) is 3.12. The molecule has 84 valence electrons. The number of amides is 1. The summed E-state index contributed by atoms with van der Waals surface area (Å²) in [7, 11) is 1.58. The normalized spacial score (nSPS) is 19.9. The summed E-state index contributed by atoms with van der Waals surface area (Å²) in [4.78, 5) is 25.0. The largest absolute Gasteiger partial charge is 0.497 e. The van der Waals surface area contributed by atoms with E-state index in [0.717, 1.165) is 17.7 Å². The summed E-state index contributed by atoms with van der Waals surface area (Å²) in [6, 6.07) is 7.00. The van der Waals surface area contributed by atoms with Gasteiger partial charge in [0.15, 0.2) is 5.25 Å². The fourth-order valence-corrected chi connectivity index (χ4v) is 2.01. The molecule has 1 heterocycles. The summed E-state index contributed by atoms with van der Waals surface area (Å²) < 4.78 is 5.02. The molecule has 1 saturated heterocycles. The van der Waals surface area contributed by atoms with E-state index < -0.39 is 5.25 Å². The number of hydrogen-bond donors (Lipinski definition) is 1. The van der Waals surface area contributed by atoms with E-state index >= 15 is 0 Å². The van der Waals surface area contributed by atoms with Gasteiger partial charge in [-0.05, 0) is 36.2 Å². The molecule has 6 heteroatoms. The third-order valence-corrected chi connectivity index (χ3v) is 3.04. The maximum absolute atomic E-state index is 11.7. The summed E-state index contributed by atoms with van der Waals surface area (Å²) in [5.41, 5.74) is 0.683. The number of aldehydes is 1. The van der Waals surface area contributed by atoms with Crippen molar-refractivity contribution >= 4 is 29.8 Å². The standard InChI is InChI=1S/C10H10N2O3S/c1-15-8-4-2-7(3-5-8)12-10(14)9(6-13)16-11-12/h2-6,9,11H,1H3. The Morgan fingerprint density at radius 3 is 2.62 bits per heavy atom. The number of anilines is 1. The van der Waals surface area contributed by atoms with Crippen molar-refractivity contribution in [2.45, 2.75) is 5.25 Å². The van der Waals surface area contributed by atoms with Gasteiger partial charge in [-0.1, -0.05) is 0 Å². The van der Waals surface area contributed by atoms with Gasteiger partial charge in [0.05, 0.1) is 12.8 Å². The second kappa shape index (κ2) is 4.54. The average molecular weight is 238 g/mol. The number of methoxy groups -OCH3 is 1. The lowest BCUT2D eigenvalue weighted by molar-refractivity contribution is -0.120. The Balaban J connectivity index is 2.18. The first-order chi connectivity index (χ1) is 7.76. The molecule has 16 heavy (non-hydrogen) atoms. The molecule has 1 amide bonds. The second-order valence-corrected chi connectivity index (χ2v) is 4.06. The molecule has 1 aromatic carbocycles. The molecule has 1 aliphatic heterocycles. The molecule has 1 N–H and O–H groups in total. The van der Waals surface area contributed by atoms with Gasteiger partial charge in [-0.15, -0.1) is 0 Å². The zero-order chi connectivity index (χ0) is 11.5. The Labute approximate surface area is 96.9 Å². The number of carbonyl (C=O) groups is 2. The quantitative estimate of drug-likeness (QED) is 0.478. The minimum atomic E-state index is -0.665. The van der Waals surface area contributed by atoms with Gasteiger partial charge >= 0.3 is 0 Å². The number of carbonyl (C=O) groups excluding carboxylic acids is 2. The molecule has 0 aromatic heterocycles. The molecule has 5 nitrogen and oxygen atoms in total. The molecule has 1 aliphatic rings. The molecule has 0 aliphatic carbocycles. The van der Waals surface area contributed by atoms with Crippen LogP contribution in [-0.2, 0) is 9.59 Å². The number of hydrazine groups is 1. The fourth-order valence-electron chi connectivity index (χ4n) is 1.33. The highest BCUT2D eigenvalue weighted by Crippen LogP contribution is 2.25. The van der Waals surface area contributed by atoms with Gasteiger partial charge in [0.2, 0.25) is 0 Å². The van der Waals surface area contributed by atoms with Gasteiger partial charge in [0, 0.05) is 0 Å². The molecular weight excluding hydrogens is 228 g/mol. The van der Waals surface area contributed by atoms with Crippen LogP contribution >= 0.6 is 11.9 Å². The van der Waals surface area contributed by atoms with Gasteiger partial charge in [-0.2, -0.15) is 4.83 Å². The first-order valence-electron chi connectivity index (χ1n) is 4.61. The van der Waals surface area contributed by atoms with Crippen LogP contribution in [0, 0.1) is 0 Å². The van der Waals surface area contributed by atoms with E-state index in [1.807, 2.05) is 0 Å². The highest BCUT2D eigenvalue weighted by atomic mass is 32.2. The van der Waals surface area contributed by atoms with Crippen LogP contribution in [0.1, 0.15) is 0 Å². The SMILES string of the molecule is COc1ccc(N2NSC(C=O)C2=O)cc1.